The Bertz CT molecular complexity index is 1060. The summed E-state index contributed by atoms with van der Waals surface area (Å²) < 4.78 is 5.22. The first-order chi connectivity index (χ1) is 12.2. The summed E-state index contributed by atoms with van der Waals surface area (Å²) in [5.41, 5.74) is 10.5. The first-order valence-corrected chi connectivity index (χ1v) is 7.66. The molecule has 0 bridgehead atoms. The molecule has 3 aromatic heterocycles. The zero-order valence-electron chi connectivity index (χ0n) is 13.5. The molecule has 0 fully saturated rings. The lowest BCUT2D eigenvalue weighted by molar-refractivity contribution is 0.414. The summed E-state index contributed by atoms with van der Waals surface area (Å²) in [6.07, 6.45) is 3.48. The van der Waals surface area contributed by atoms with Crippen LogP contribution >= 0.6 is 0 Å². The first-order valence-electron chi connectivity index (χ1n) is 7.66. The van der Waals surface area contributed by atoms with Gasteiger partial charge in [0.1, 0.15) is 5.75 Å². The third-order valence-corrected chi connectivity index (χ3v) is 4.04. The van der Waals surface area contributed by atoms with E-state index in [1.807, 2.05) is 30.3 Å². The van der Waals surface area contributed by atoms with Gasteiger partial charge in [-0.2, -0.15) is 5.10 Å². The number of nitrogens with zero attached hydrogens (tertiary/aromatic N) is 3. The van der Waals surface area contributed by atoms with Crippen molar-refractivity contribution in [3.8, 4) is 28.3 Å². The molecule has 0 amide bonds. The maximum atomic E-state index is 6.22. The van der Waals surface area contributed by atoms with Crippen LogP contribution in [0.25, 0.3) is 33.4 Å². The molecule has 6 heteroatoms. The van der Waals surface area contributed by atoms with Crippen LogP contribution < -0.4 is 10.5 Å². The number of nitrogen functional groups attached to an aromatic ring is 1. The predicted octanol–water partition coefficient (Wildman–Crippen LogP) is 3.34. The molecule has 122 valence electrons. The minimum atomic E-state index is 0.380. The van der Waals surface area contributed by atoms with Gasteiger partial charge < -0.3 is 10.5 Å². The standard InChI is InChI=1S/C19H15N5O/c1-11-8-13(25-2)5-6-14(11)18-17-16(23-24-19(17)20)9-15(22-18)12-4-3-7-21-10-12/h1,3-10H,2H3,(H3,20,23,24). The summed E-state index contributed by atoms with van der Waals surface area (Å²) in [6, 6.07) is 11.2. The number of pyridine rings is 2. The van der Waals surface area contributed by atoms with Gasteiger partial charge in [-0.25, -0.2) is 4.98 Å². The van der Waals surface area contributed by atoms with E-state index in [0.29, 0.717) is 22.8 Å². The lowest BCUT2D eigenvalue weighted by atomic mass is 10.0. The van der Waals surface area contributed by atoms with Crippen molar-refractivity contribution in [3.63, 3.8) is 0 Å². The quantitative estimate of drug-likeness (QED) is 0.602. The van der Waals surface area contributed by atoms with E-state index in [4.69, 9.17) is 22.4 Å². The van der Waals surface area contributed by atoms with Crippen LogP contribution in [0.4, 0.5) is 5.82 Å². The van der Waals surface area contributed by atoms with Crippen molar-refractivity contribution in [2.24, 2.45) is 0 Å². The highest BCUT2D eigenvalue weighted by atomic mass is 16.5. The van der Waals surface area contributed by atoms with Gasteiger partial charge in [-0.15, -0.1) is 0 Å². The Morgan fingerprint density at radius 1 is 1.20 bits per heavy atom. The van der Waals surface area contributed by atoms with Gasteiger partial charge in [-0.1, -0.05) is 0 Å². The molecule has 0 unspecified atom stereocenters. The van der Waals surface area contributed by atoms with Gasteiger partial charge in [-0.05, 0) is 48.9 Å². The van der Waals surface area contributed by atoms with Crippen molar-refractivity contribution in [2.45, 2.75) is 0 Å². The lowest BCUT2D eigenvalue weighted by Crippen LogP contribution is -1.95. The van der Waals surface area contributed by atoms with Crippen molar-refractivity contribution in [1.29, 1.82) is 0 Å². The molecule has 0 aliphatic carbocycles. The van der Waals surface area contributed by atoms with Crippen molar-refractivity contribution in [3.05, 3.63) is 61.3 Å². The number of H-pyrrole nitrogens is 1. The number of nitrogens with one attached hydrogen (secondary N) is 1. The summed E-state index contributed by atoms with van der Waals surface area (Å²) in [7, 11) is 1.60. The molecule has 0 aliphatic heterocycles. The Morgan fingerprint density at radius 2 is 2.08 bits per heavy atom. The van der Waals surface area contributed by atoms with Crippen LogP contribution in [0, 0.1) is 6.92 Å². The van der Waals surface area contributed by atoms with Gasteiger partial charge in [0.15, 0.2) is 5.82 Å². The van der Waals surface area contributed by atoms with E-state index in [1.165, 1.54) is 0 Å². The average Bonchev–Trinajstić information content (AvgIpc) is 3.03. The number of aromatic nitrogens is 4. The van der Waals surface area contributed by atoms with Gasteiger partial charge in [0.05, 0.1) is 29.4 Å². The summed E-state index contributed by atoms with van der Waals surface area (Å²) in [5, 5.41) is 7.80. The Morgan fingerprint density at radius 3 is 2.80 bits per heavy atom. The minimum Gasteiger partial charge on any atom is -0.497 e. The normalized spacial score (nSPS) is 11.0. The highest BCUT2D eigenvalue weighted by Crippen LogP contribution is 2.35. The fraction of sp³-hybridized carbons (Fsp3) is 0.0526. The molecule has 0 aliphatic rings. The van der Waals surface area contributed by atoms with E-state index in [1.54, 1.807) is 25.6 Å². The number of nitrogens with two attached hydrogens (primary N) is 1. The third-order valence-electron chi connectivity index (χ3n) is 4.04. The number of hydrogen-bond acceptors (Lipinski definition) is 5. The first kappa shape index (κ1) is 15.1. The smallest absolute Gasteiger partial charge is 0.155 e. The van der Waals surface area contributed by atoms with Crippen molar-refractivity contribution < 1.29 is 4.74 Å². The van der Waals surface area contributed by atoms with E-state index in [0.717, 1.165) is 27.7 Å². The number of ether oxygens (including phenoxy) is 1. The maximum Gasteiger partial charge on any atom is 0.155 e. The maximum absolute atomic E-state index is 6.22. The second kappa shape index (κ2) is 5.90. The predicted molar refractivity (Wildman–Crippen MR) is 96.9 cm³/mol. The number of hydrogen-bond donors (Lipinski definition) is 2. The van der Waals surface area contributed by atoms with Crippen LogP contribution in [0.1, 0.15) is 5.56 Å². The summed E-state index contributed by atoms with van der Waals surface area (Å²) in [5.74, 6) is 1.06. The van der Waals surface area contributed by atoms with Crippen LogP contribution in [0.5, 0.6) is 5.75 Å². The molecular formula is C19H15N5O. The van der Waals surface area contributed by atoms with Gasteiger partial charge in [0.2, 0.25) is 0 Å². The molecule has 25 heavy (non-hydrogen) atoms. The highest BCUT2D eigenvalue weighted by Gasteiger charge is 2.16. The molecule has 4 rings (SSSR count). The minimum absolute atomic E-state index is 0.380. The van der Waals surface area contributed by atoms with Gasteiger partial charge >= 0.3 is 0 Å². The van der Waals surface area contributed by atoms with E-state index >= 15 is 0 Å². The SMILES string of the molecule is [CH]c1cc(OC)ccc1-c1nc(-c2cccnc2)cc2[nH]nc(N)c12. The molecular weight excluding hydrogens is 314 g/mol. The fourth-order valence-corrected chi connectivity index (χ4v) is 2.81. The van der Waals surface area contributed by atoms with Crippen molar-refractivity contribution >= 4 is 16.7 Å². The molecule has 3 N–H and O–H groups in total. The molecule has 0 saturated heterocycles. The molecule has 0 spiro atoms. The van der Waals surface area contributed by atoms with Crippen LogP contribution in [0.15, 0.2) is 48.8 Å². The van der Waals surface area contributed by atoms with Crippen LogP contribution in [-0.2, 0) is 0 Å². The van der Waals surface area contributed by atoms with Gasteiger partial charge in [0.25, 0.3) is 0 Å². The van der Waals surface area contributed by atoms with Gasteiger partial charge in [0, 0.05) is 23.5 Å². The topological polar surface area (TPSA) is 89.7 Å². The number of benzene rings is 1. The second-order valence-corrected chi connectivity index (χ2v) is 5.58. The lowest BCUT2D eigenvalue weighted by Gasteiger charge is -2.11. The monoisotopic (exact) mass is 329 g/mol. The molecule has 4 aromatic rings. The number of anilines is 1. The largest absolute Gasteiger partial charge is 0.497 e. The number of aromatic amines is 1. The Kier molecular flexibility index (Phi) is 3.57. The fourth-order valence-electron chi connectivity index (χ4n) is 2.81. The number of methoxy groups -OCH3 is 1. The van der Waals surface area contributed by atoms with Crippen LogP contribution in [-0.4, -0.2) is 27.3 Å². The Balaban J connectivity index is 2.00. The Hall–Kier alpha value is -3.41. The number of fused-ring (bicyclic) bond motifs is 1. The summed E-state index contributed by atoms with van der Waals surface area (Å²) >= 11 is 0. The Labute approximate surface area is 144 Å². The van der Waals surface area contributed by atoms with E-state index in [9.17, 15) is 0 Å². The molecule has 3 heterocycles. The van der Waals surface area contributed by atoms with Gasteiger partial charge in [-0.3, -0.25) is 10.1 Å². The van der Waals surface area contributed by atoms with Crippen LogP contribution in [0.2, 0.25) is 0 Å². The third kappa shape index (κ3) is 2.57. The van der Waals surface area contributed by atoms with E-state index < -0.39 is 0 Å². The van der Waals surface area contributed by atoms with E-state index in [2.05, 4.69) is 15.2 Å². The average molecular weight is 329 g/mol. The van der Waals surface area contributed by atoms with Crippen LogP contribution in [0.3, 0.4) is 0 Å². The van der Waals surface area contributed by atoms with Crippen molar-refractivity contribution in [2.75, 3.05) is 12.8 Å². The zero-order valence-corrected chi connectivity index (χ0v) is 13.5. The molecule has 1 aromatic carbocycles. The number of rotatable bonds is 3. The summed E-state index contributed by atoms with van der Waals surface area (Å²) in [6.45, 7) is 6.22. The molecule has 6 nitrogen and oxygen atoms in total. The summed E-state index contributed by atoms with van der Waals surface area (Å²) in [4.78, 5) is 8.95. The molecule has 0 atom stereocenters. The zero-order chi connectivity index (χ0) is 17.4. The highest BCUT2D eigenvalue weighted by molar-refractivity contribution is 6.02. The van der Waals surface area contributed by atoms with Crippen molar-refractivity contribution in [1.82, 2.24) is 20.2 Å². The molecule has 2 radical (unpaired) electrons. The van der Waals surface area contributed by atoms with E-state index in [-0.39, 0.29) is 0 Å². The molecule has 0 saturated carbocycles. The second-order valence-electron chi connectivity index (χ2n) is 5.58.